The zero-order valence-electron chi connectivity index (χ0n) is 21.5. The van der Waals surface area contributed by atoms with Gasteiger partial charge in [-0.2, -0.15) is 0 Å². The van der Waals surface area contributed by atoms with Crippen LogP contribution in [0.3, 0.4) is 0 Å². The van der Waals surface area contributed by atoms with Crippen LogP contribution < -0.4 is 4.90 Å². The zero-order valence-corrected chi connectivity index (χ0v) is 22.2. The Morgan fingerprint density at radius 1 is 0.875 bits per heavy atom. The van der Waals surface area contributed by atoms with Gasteiger partial charge in [0.05, 0.1) is 6.04 Å². The number of carbonyl (C=O) groups is 3. The van der Waals surface area contributed by atoms with E-state index < -0.39 is 40.8 Å². The molecule has 0 saturated carbocycles. The van der Waals surface area contributed by atoms with E-state index in [0.29, 0.717) is 27.4 Å². The van der Waals surface area contributed by atoms with Gasteiger partial charge in [-0.05, 0) is 42.3 Å². The molecular weight excluding hydrogens is 525 g/mol. The maximum atomic E-state index is 15.8. The Balaban J connectivity index is 1.56. The van der Waals surface area contributed by atoms with Crippen LogP contribution in [0.25, 0.3) is 6.08 Å². The zero-order chi connectivity index (χ0) is 27.8. The minimum Gasteiger partial charge on any atom is -0.352 e. The molecule has 4 aromatic carbocycles. The number of ketones is 3. The molecule has 1 fully saturated rings. The van der Waals surface area contributed by atoms with E-state index in [2.05, 4.69) is 0 Å². The third kappa shape index (κ3) is 3.21. The summed E-state index contributed by atoms with van der Waals surface area (Å²) in [5.41, 5.74) is 1.85. The SMILES string of the molecule is Cc1ccc(C(=O)[C@H]2[C@H](c3ccccc3F)C3(C(=O)c4ccccc4C3=O)[C@H]3C=Cc4cc(Cl)ccc4N23)cc1. The number of nitrogens with zero attached hydrogens (tertiary/aromatic N) is 1. The predicted octanol–water partition coefficient (Wildman–Crippen LogP) is 7.10. The first-order valence-corrected chi connectivity index (χ1v) is 13.5. The number of halogens is 2. The molecule has 3 aliphatic rings. The fourth-order valence-corrected chi connectivity index (χ4v) is 7.09. The highest BCUT2D eigenvalue weighted by Gasteiger charge is 2.71. The van der Waals surface area contributed by atoms with Gasteiger partial charge < -0.3 is 4.90 Å². The molecule has 1 saturated heterocycles. The van der Waals surface area contributed by atoms with Crippen molar-refractivity contribution >= 4 is 40.7 Å². The van der Waals surface area contributed by atoms with Gasteiger partial charge in [-0.1, -0.05) is 96.0 Å². The van der Waals surface area contributed by atoms with Gasteiger partial charge in [-0.15, -0.1) is 0 Å². The van der Waals surface area contributed by atoms with E-state index in [-0.39, 0.29) is 11.3 Å². The molecule has 0 unspecified atom stereocenters. The fourth-order valence-electron chi connectivity index (χ4n) is 6.91. The third-order valence-electron chi connectivity index (χ3n) is 8.61. The second-order valence-electron chi connectivity index (χ2n) is 10.7. The van der Waals surface area contributed by atoms with Crippen LogP contribution in [0.5, 0.6) is 0 Å². The second-order valence-corrected chi connectivity index (χ2v) is 11.1. The van der Waals surface area contributed by atoms with Gasteiger partial charge in [-0.3, -0.25) is 14.4 Å². The summed E-state index contributed by atoms with van der Waals surface area (Å²) in [6.07, 6.45) is 3.64. The Hall–Kier alpha value is -4.35. The van der Waals surface area contributed by atoms with E-state index in [1.807, 2.05) is 30.0 Å². The molecular formula is C34H23ClFNO3. The fraction of sp³-hybridized carbons (Fsp3) is 0.147. The Labute approximate surface area is 235 Å². The van der Waals surface area contributed by atoms with Gasteiger partial charge in [0.15, 0.2) is 17.3 Å². The quantitative estimate of drug-likeness (QED) is 0.203. The summed E-state index contributed by atoms with van der Waals surface area (Å²) in [6, 6.07) is 23.5. The maximum Gasteiger partial charge on any atom is 0.185 e. The molecule has 1 aliphatic carbocycles. The first kappa shape index (κ1) is 24.7. The molecule has 40 heavy (non-hydrogen) atoms. The summed E-state index contributed by atoms with van der Waals surface area (Å²) in [5.74, 6) is -2.73. The maximum absolute atomic E-state index is 15.8. The molecule has 7 rings (SSSR count). The summed E-state index contributed by atoms with van der Waals surface area (Å²) in [4.78, 5) is 45.5. The van der Waals surface area contributed by atoms with Gasteiger partial charge in [-0.25, -0.2) is 4.39 Å². The summed E-state index contributed by atoms with van der Waals surface area (Å²) >= 11 is 6.33. The number of carbonyl (C=O) groups excluding carboxylic acids is 3. The van der Waals surface area contributed by atoms with Crippen molar-refractivity contribution in [1.82, 2.24) is 0 Å². The highest BCUT2D eigenvalue weighted by atomic mass is 35.5. The van der Waals surface area contributed by atoms with Crippen LogP contribution in [-0.4, -0.2) is 29.4 Å². The lowest BCUT2D eigenvalue weighted by molar-refractivity contribution is 0.0664. The van der Waals surface area contributed by atoms with Crippen molar-refractivity contribution in [3.05, 3.63) is 141 Å². The number of rotatable bonds is 3. The lowest BCUT2D eigenvalue weighted by Crippen LogP contribution is -2.48. The Bertz CT molecular complexity index is 1740. The molecule has 2 aliphatic heterocycles. The van der Waals surface area contributed by atoms with Gasteiger partial charge in [0.25, 0.3) is 0 Å². The van der Waals surface area contributed by atoms with Gasteiger partial charge >= 0.3 is 0 Å². The van der Waals surface area contributed by atoms with Crippen LogP contribution in [0.1, 0.15) is 53.7 Å². The Morgan fingerprint density at radius 3 is 2.20 bits per heavy atom. The Kier molecular flexibility index (Phi) is 5.45. The summed E-state index contributed by atoms with van der Waals surface area (Å²) in [6.45, 7) is 1.93. The van der Waals surface area contributed by atoms with Crippen LogP contribution in [0, 0.1) is 18.2 Å². The van der Waals surface area contributed by atoms with E-state index in [4.69, 9.17) is 11.6 Å². The number of aryl methyl sites for hydroxylation is 1. The topological polar surface area (TPSA) is 54.5 Å². The largest absolute Gasteiger partial charge is 0.352 e. The first-order chi connectivity index (χ1) is 19.3. The van der Waals surface area contributed by atoms with E-state index in [0.717, 1.165) is 11.1 Å². The van der Waals surface area contributed by atoms with E-state index >= 15 is 4.39 Å². The molecule has 4 aromatic rings. The molecule has 0 N–H and O–H groups in total. The van der Waals surface area contributed by atoms with E-state index in [9.17, 15) is 14.4 Å². The third-order valence-corrected chi connectivity index (χ3v) is 8.85. The smallest absolute Gasteiger partial charge is 0.185 e. The van der Waals surface area contributed by atoms with Gasteiger partial charge in [0.1, 0.15) is 17.3 Å². The Morgan fingerprint density at radius 2 is 1.52 bits per heavy atom. The number of hydrogen-bond donors (Lipinski definition) is 0. The van der Waals surface area contributed by atoms with Crippen LogP contribution in [0.4, 0.5) is 10.1 Å². The monoisotopic (exact) mass is 547 g/mol. The molecule has 0 radical (unpaired) electrons. The van der Waals surface area contributed by atoms with Crippen molar-refractivity contribution in [2.24, 2.45) is 5.41 Å². The highest BCUT2D eigenvalue weighted by molar-refractivity contribution is 6.32. The van der Waals surface area contributed by atoms with Gasteiger partial charge in [0.2, 0.25) is 0 Å². The lowest BCUT2D eigenvalue weighted by atomic mass is 9.64. The second kappa shape index (κ2) is 8.83. The summed E-state index contributed by atoms with van der Waals surface area (Å²) in [5, 5.41) is 0.517. The van der Waals surface area contributed by atoms with E-state index in [1.165, 1.54) is 6.07 Å². The van der Waals surface area contributed by atoms with Crippen molar-refractivity contribution in [3.8, 4) is 0 Å². The average Bonchev–Trinajstić information content (AvgIpc) is 3.39. The molecule has 3 atom stereocenters. The summed E-state index contributed by atoms with van der Waals surface area (Å²) in [7, 11) is 0. The number of anilines is 1. The molecule has 0 aromatic heterocycles. The number of benzene rings is 4. The molecule has 196 valence electrons. The van der Waals surface area contributed by atoms with Crippen LogP contribution in [0.2, 0.25) is 5.02 Å². The van der Waals surface area contributed by atoms with Crippen molar-refractivity contribution in [3.63, 3.8) is 0 Å². The lowest BCUT2D eigenvalue weighted by Gasteiger charge is -2.37. The standard InChI is InChI=1S/C34H23ClFNO3/c1-19-10-12-20(13-11-19)31(38)30-29(25-8-4-5-9-26(25)36)34(32(39)23-6-2-3-7-24(23)33(34)40)28-17-14-21-18-22(35)15-16-27(21)37(28)30/h2-18,28-30H,1H3/t28-,29+,30-/m1/s1. The summed E-state index contributed by atoms with van der Waals surface area (Å²) < 4.78 is 15.8. The molecule has 6 heteroatoms. The van der Waals surface area contributed by atoms with Crippen molar-refractivity contribution < 1.29 is 18.8 Å². The average molecular weight is 548 g/mol. The van der Waals surface area contributed by atoms with Crippen molar-refractivity contribution in [1.29, 1.82) is 0 Å². The van der Waals surface area contributed by atoms with Crippen LogP contribution in [-0.2, 0) is 0 Å². The molecule has 0 bridgehead atoms. The number of fused-ring (bicyclic) bond motifs is 5. The highest BCUT2D eigenvalue weighted by Crippen LogP contribution is 2.61. The van der Waals surface area contributed by atoms with Crippen molar-refractivity contribution in [2.45, 2.75) is 24.9 Å². The molecule has 2 heterocycles. The predicted molar refractivity (Wildman–Crippen MR) is 153 cm³/mol. The minimum absolute atomic E-state index is 0.167. The van der Waals surface area contributed by atoms with Crippen LogP contribution >= 0.6 is 11.6 Å². The van der Waals surface area contributed by atoms with Crippen molar-refractivity contribution in [2.75, 3.05) is 4.90 Å². The molecule has 0 amide bonds. The van der Waals surface area contributed by atoms with Crippen LogP contribution in [0.15, 0.2) is 97.1 Å². The molecule has 1 spiro atoms. The molecule has 4 nitrogen and oxygen atoms in total. The number of hydrogen-bond acceptors (Lipinski definition) is 4. The first-order valence-electron chi connectivity index (χ1n) is 13.1. The normalized spacial score (nSPS) is 21.9. The van der Waals surface area contributed by atoms with E-state index in [1.54, 1.807) is 78.9 Å². The van der Waals surface area contributed by atoms with Gasteiger partial charge in [0, 0.05) is 33.3 Å². The minimum atomic E-state index is -1.75. The number of Topliss-reactive ketones (excluding diaryl/α,β-unsaturated/α-hetero) is 3.